The van der Waals surface area contributed by atoms with Crippen LogP contribution in [0.3, 0.4) is 0 Å². The van der Waals surface area contributed by atoms with Crippen LogP contribution in [0.1, 0.15) is 45.2 Å². The summed E-state index contributed by atoms with van der Waals surface area (Å²) < 4.78 is 2.57. The first-order valence-corrected chi connectivity index (χ1v) is 30.6. The molecule has 8 heteroatoms. The van der Waals surface area contributed by atoms with Crippen LogP contribution < -0.4 is 0 Å². The lowest BCUT2D eigenvalue weighted by Gasteiger charge is -2.42. The van der Waals surface area contributed by atoms with E-state index in [0.29, 0.717) is 34.9 Å². The summed E-state index contributed by atoms with van der Waals surface area (Å²) in [6.07, 6.45) is 0. The maximum absolute atomic E-state index is 5.12. The van der Waals surface area contributed by atoms with Crippen molar-refractivity contribution in [3.8, 4) is 111 Å². The zero-order valence-electron chi connectivity index (χ0n) is 46.2. The van der Waals surface area contributed by atoms with Crippen molar-refractivity contribution >= 4 is 42.8 Å². The van der Waals surface area contributed by atoms with Crippen LogP contribution in [0.5, 0.6) is 0 Å². The van der Waals surface area contributed by atoms with E-state index in [0.717, 1.165) is 44.5 Å². The van der Waals surface area contributed by atoms with Gasteiger partial charge in [-0.3, -0.25) is 0 Å². The molecule has 402 valence electrons. The molecule has 0 spiro atoms. The van der Waals surface area contributed by atoms with Crippen molar-refractivity contribution in [2.45, 2.75) is 11.8 Å². The molecule has 2 unspecified atom stereocenters. The molecule has 0 saturated carbocycles. The van der Waals surface area contributed by atoms with E-state index in [1.807, 2.05) is 59.1 Å². The fourth-order valence-corrected chi connectivity index (χ4v) is 14.9. The van der Waals surface area contributed by atoms with Crippen molar-refractivity contribution < 1.29 is 0 Å². The Labute approximate surface area is 505 Å². The Kier molecular flexibility index (Phi) is 12.0. The SMILES string of the molecule is c1ccc(-c2nc(-c3ccc(-c4ccc5c(c4)C4c6ccccc6C5c5cc(-c6ccc(-c7nc(-c8ccccc8)nc(-c8ccc(-c9cc%10ccccc%10s9)cc8)n7)cc6)ccc54)cc3)nc(-c3ccc(-c4cc5ccccc5s4)cc3)n2)cc1. The molecule has 0 saturated heterocycles. The van der Waals surface area contributed by atoms with Crippen LogP contribution in [-0.2, 0) is 0 Å². The monoisotopic (exact) mass is 1130 g/mol. The van der Waals surface area contributed by atoms with Gasteiger partial charge in [-0.25, -0.2) is 29.9 Å². The fraction of sp³-hybridized carbons (Fsp3) is 0.0256. The van der Waals surface area contributed by atoms with E-state index >= 15 is 0 Å². The van der Waals surface area contributed by atoms with Gasteiger partial charge in [0.15, 0.2) is 34.9 Å². The number of nitrogens with zero attached hydrogens (tertiary/aromatic N) is 6. The largest absolute Gasteiger partial charge is 0.208 e. The van der Waals surface area contributed by atoms with Gasteiger partial charge in [0, 0.05) is 64.4 Å². The summed E-state index contributed by atoms with van der Waals surface area (Å²) >= 11 is 3.62. The Hall–Kier alpha value is -10.6. The normalized spacial score (nSPS) is 13.8. The van der Waals surface area contributed by atoms with Gasteiger partial charge < -0.3 is 0 Å². The second-order valence-corrected chi connectivity index (χ2v) is 24.3. The topological polar surface area (TPSA) is 77.3 Å². The first kappa shape index (κ1) is 49.9. The molecular weight excluding hydrogens is 1090 g/mol. The number of hydrogen-bond acceptors (Lipinski definition) is 8. The molecule has 3 aliphatic carbocycles. The van der Waals surface area contributed by atoms with Gasteiger partial charge in [-0.15, -0.1) is 22.7 Å². The van der Waals surface area contributed by atoms with Crippen molar-refractivity contribution in [2.24, 2.45) is 0 Å². The molecule has 2 bridgehead atoms. The zero-order valence-corrected chi connectivity index (χ0v) is 47.8. The maximum Gasteiger partial charge on any atom is 0.164 e. The molecule has 3 aliphatic rings. The summed E-state index contributed by atoms with van der Waals surface area (Å²) in [6, 6.07) is 99.8. The summed E-state index contributed by atoms with van der Waals surface area (Å²) in [5.74, 6) is 4.06. The van der Waals surface area contributed by atoms with Gasteiger partial charge >= 0.3 is 0 Å². The van der Waals surface area contributed by atoms with Gasteiger partial charge in [0.05, 0.1) is 0 Å². The third-order valence-corrected chi connectivity index (χ3v) is 19.4. The molecule has 0 N–H and O–H groups in total. The van der Waals surface area contributed by atoms with E-state index in [9.17, 15) is 0 Å². The van der Waals surface area contributed by atoms with Gasteiger partial charge in [-0.2, -0.15) is 0 Å². The first-order valence-electron chi connectivity index (χ1n) is 29.0. The number of benzene rings is 11. The van der Waals surface area contributed by atoms with Gasteiger partial charge in [-0.1, -0.05) is 243 Å². The molecule has 4 aromatic heterocycles. The van der Waals surface area contributed by atoms with E-state index in [2.05, 4.69) is 243 Å². The highest BCUT2D eigenvalue weighted by Gasteiger charge is 2.41. The number of fused-ring (bicyclic) bond motifs is 2. The zero-order chi connectivity index (χ0) is 56.7. The second-order valence-electron chi connectivity index (χ2n) is 22.1. The van der Waals surface area contributed by atoms with Crippen molar-refractivity contribution in [3.63, 3.8) is 0 Å². The lowest BCUT2D eigenvalue weighted by atomic mass is 9.60. The minimum Gasteiger partial charge on any atom is -0.208 e. The average Bonchev–Trinajstić information content (AvgIpc) is 0.985. The second kappa shape index (κ2) is 20.6. The fourth-order valence-electron chi connectivity index (χ4n) is 12.7. The van der Waals surface area contributed by atoms with Crippen molar-refractivity contribution in [3.05, 3.63) is 312 Å². The van der Waals surface area contributed by atoms with Crippen LogP contribution in [0.15, 0.2) is 279 Å². The summed E-state index contributed by atoms with van der Waals surface area (Å²) in [7, 11) is 0. The van der Waals surface area contributed by atoms with E-state index in [4.69, 9.17) is 29.9 Å². The molecule has 0 fully saturated rings. The number of thiophene rings is 2. The minimum atomic E-state index is 0.111. The van der Waals surface area contributed by atoms with E-state index < -0.39 is 0 Å². The first-order chi connectivity index (χ1) is 42.5. The number of rotatable bonds is 10. The van der Waals surface area contributed by atoms with Gasteiger partial charge in [-0.05, 0) is 114 Å². The molecule has 0 amide bonds. The summed E-state index contributed by atoms with van der Waals surface area (Å²) in [4.78, 5) is 32.9. The molecule has 4 heterocycles. The Bertz CT molecular complexity index is 4710. The predicted octanol–water partition coefficient (Wildman–Crippen LogP) is 20.1. The lowest BCUT2D eigenvalue weighted by Crippen LogP contribution is -2.27. The quantitative estimate of drug-likeness (QED) is 0.136. The Morgan fingerprint density at radius 1 is 0.198 bits per heavy atom. The standard InChI is InChI=1S/C78H48N6S2/c1-3-13-51(14-4-1)73-79-75(83-77(81-73)55-35-27-49(28-36-55)69-45-59-17-7-11-21-67(59)85-69)53-31-23-47(24-32-53)57-39-41-63-65(43-57)71-61-19-9-10-20-62(61)72(63)66-44-58(40-42-64(66)71)48-25-33-54(34-26-48)76-80-74(52-15-5-2-6-16-52)82-78(84-76)56-37-29-50(30-38-56)70-46-60-18-8-12-22-68(60)86-70/h1-46,71-72H. The lowest BCUT2D eigenvalue weighted by molar-refractivity contribution is 0.755. The molecule has 15 aromatic rings. The average molecular weight is 1130 g/mol. The Morgan fingerprint density at radius 2 is 0.465 bits per heavy atom. The van der Waals surface area contributed by atoms with Crippen molar-refractivity contribution in [2.75, 3.05) is 0 Å². The smallest absolute Gasteiger partial charge is 0.164 e. The highest BCUT2D eigenvalue weighted by molar-refractivity contribution is 7.22. The third kappa shape index (κ3) is 8.85. The van der Waals surface area contributed by atoms with Crippen LogP contribution in [0.2, 0.25) is 0 Å². The summed E-state index contributed by atoms with van der Waals surface area (Å²) in [6.45, 7) is 0. The van der Waals surface area contributed by atoms with E-state index in [-0.39, 0.29) is 11.8 Å². The third-order valence-electron chi connectivity index (χ3n) is 17.0. The Balaban J connectivity index is 0.661. The molecule has 6 nitrogen and oxygen atoms in total. The van der Waals surface area contributed by atoms with Crippen LogP contribution >= 0.6 is 22.7 Å². The van der Waals surface area contributed by atoms with Crippen LogP contribution in [-0.4, -0.2) is 29.9 Å². The van der Waals surface area contributed by atoms with Gasteiger partial charge in [0.25, 0.3) is 0 Å². The predicted molar refractivity (Wildman–Crippen MR) is 353 cm³/mol. The van der Waals surface area contributed by atoms with Crippen LogP contribution in [0, 0.1) is 0 Å². The molecule has 86 heavy (non-hydrogen) atoms. The Morgan fingerprint density at radius 3 is 0.814 bits per heavy atom. The maximum atomic E-state index is 5.12. The molecule has 18 rings (SSSR count). The highest BCUT2D eigenvalue weighted by atomic mass is 32.1. The van der Waals surface area contributed by atoms with Crippen molar-refractivity contribution in [1.82, 2.24) is 29.9 Å². The van der Waals surface area contributed by atoms with E-state index in [1.165, 1.54) is 85.6 Å². The van der Waals surface area contributed by atoms with E-state index in [1.54, 1.807) is 0 Å². The molecule has 0 aliphatic heterocycles. The van der Waals surface area contributed by atoms with Crippen LogP contribution in [0.4, 0.5) is 0 Å². The summed E-state index contributed by atoms with van der Waals surface area (Å²) in [5, 5.41) is 2.52. The minimum absolute atomic E-state index is 0.111. The molecule has 2 atom stereocenters. The molecular formula is C78H48N6S2. The summed E-state index contributed by atoms with van der Waals surface area (Å²) in [5.41, 5.74) is 20.9. The number of hydrogen-bond donors (Lipinski definition) is 0. The van der Waals surface area contributed by atoms with Gasteiger partial charge in [0.2, 0.25) is 0 Å². The van der Waals surface area contributed by atoms with Crippen molar-refractivity contribution in [1.29, 1.82) is 0 Å². The number of aromatic nitrogens is 6. The van der Waals surface area contributed by atoms with Gasteiger partial charge in [0.1, 0.15) is 0 Å². The highest BCUT2D eigenvalue weighted by Crippen LogP contribution is 2.57. The molecule has 11 aromatic carbocycles. The van der Waals surface area contributed by atoms with Crippen LogP contribution in [0.25, 0.3) is 132 Å². The molecule has 0 radical (unpaired) electrons.